The molecule has 0 saturated carbocycles. The van der Waals surface area contributed by atoms with E-state index in [1.54, 1.807) is 0 Å². The average Bonchev–Trinajstić information content (AvgIpc) is 3.25. The summed E-state index contributed by atoms with van der Waals surface area (Å²) in [5.41, 5.74) is 2.18. The largest absolute Gasteiger partial charge is 0.322 e. The molecule has 3 atom stereocenters. The minimum atomic E-state index is -3.18. The Morgan fingerprint density at radius 3 is 2.72 bits per heavy atom. The van der Waals surface area contributed by atoms with Crippen molar-refractivity contribution in [3.8, 4) is 0 Å². The maximum Gasteiger partial charge on any atom is 0.255 e. The molecule has 4 rings (SSSR count). The summed E-state index contributed by atoms with van der Waals surface area (Å²) < 4.78 is 23.9. The summed E-state index contributed by atoms with van der Waals surface area (Å²) in [5, 5.41) is 8.17. The van der Waals surface area contributed by atoms with Crippen LogP contribution in [-0.4, -0.2) is 67.7 Å². The zero-order chi connectivity index (χ0) is 20.8. The van der Waals surface area contributed by atoms with Gasteiger partial charge in [-0.2, -0.15) is 0 Å². The number of hydrogen-bond acceptors (Lipinski definition) is 7. The number of imide groups is 1. The topological polar surface area (TPSA) is 125 Å². The molecular formula is C19H24N4O5S. The lowest BCUT2D eigenvalue weighted by molar-refractivity contribution is -0.136. The van der Waals surface area contributed by atoms with Crippen molar-refractivity contribution in [1.29, 1.82) is 0 Å². The van der Waals surface area contributed by atoms with Gasteiger partial charge < -0.3 is 15.5 Å². The highest BCUT2D eigenvalue weighted by Crippen LogP contribution is 2.30. The van der Waals surface area contributed by atoms with Gasteiger partial charge in [-0.3, -0.25) is 19.7 Å². The number of amides is 3. The molecule has 2 fully saturated rings. The third-order valence-electron chi connectivity index (χ3n) is 5.90. The molecule has 3 aliphatic heterocycles. The van der Waals surface area contributed by atoms with Gasteiger partial charge in [-0.15, -0.1) is 0 Å². The van der Waals surface area contributed by atoms with E-state index >= 15 is 0 Å². The number of nitrogens with one attached hydrogen (secondary N) is 3. The van der Waals surface area contributed by atoms with Gasteiger partial charge in [0.1, 0.15) is 6.04 Å². The number of sulfone groups is 1. The molecule has 3 amide bonds. The molecule has 0 aromatic heterocycles. The zero-order valence-electron chi connectivity index (χ0n) is 16.1. The van der Waals surface area contributed by atoms with Crippen LogP contribution in [0.2, 0.25) is 0 Å². The molecule has 1 aromatic rings. The third-order valence-corrected chi connectivity index (χ3v) is 7.50. The molecule has 3 N–H and O–H groups in total. The van der Waals surface area contributed by atoms with Crippen molar-refractivity contribution in [2.24, 2.45) is 0 Å². The fraction of sp³-hybridized carbons (Fsp3) is 0.526. The van der Waals surface area contributed by atoms with Crippen molar-refractivity contribution >= 4 is 27.6 Å². The number of carbonyl (C=O) groups excluding carboxylic acids is 3. The van der Waals surface area contributed by atoms with Crippen molar-refractivity contribution in [3.05, 3.63) is 34.9 Å². The maximum absolute atomic E-state index is 13.1. The van der Waals surface area contributed by atoms with Gasteiger partial charge >= 0.3 is 0 Å². The first-order valence-corrected chi connectivity index (χ1v) is 11.6. The number of fused-ring (bicyclic) bond motifs is 1. The van der Waals surface area contributed by atoms with Gasteiger partial charge in [-0.05, 0) is 17.5 Å². The van der Waals surface area contributed by atoms with E-state index in [4.69, 9.17) is 0 Å². The number of benzene rings is 1. The molecule has 1 unspecified atom stereocenters. The summed E-state index contributed by atoms with van der Waals surface area (Å²) in [6.07, 6.45) is 1.77. The van der Waals surface area contributed by atoms with E-state index in [1.165, 1.54) is 11.2 Å². The highest BCUT2D eigenvalue weighted by atomic mass is 32.2. The molecule has 156 valence electrons. The second-order valence-electron chi connectivity index (χ2n) is 7.86. The Labute approximate surface area is 169 Å². The predicted octanol–water partition coefficient (Wildman–Crippen LogP) is -1.08. The predicted molar refractivity (Wildman–Crippen MR) is 105 cm³/mol. The van der Waals surface area contributed by atoms with Crippen LogP contribution in [0.5, 0.6) is 0 Å². The lowest BCUT2D eigenvalue weighted by Crippen LogP contribution is -2.52. The van der Waals surface area contributed by atoms with E-state index in [-0.39, 0.29) is 24.3 Å². The molecule has 0 aliphatic carbocycles. The lowest BCUT2D eigenvalue weighted by atomic mass is 10.0. The van der Waals surface area contributed by atoms with E-state index in [0.717, 1.165) is 11.1 Å². The van der Waals surface area contributed by atoms with Crippen molar-refractivity contribution < 1.29 is 22.8 Å². The van der Waals surface area contributed by atoms with Crippen molar-refractivity contribution in [2.75, 3.05) is 19.3 Å². The molecule has 0 spiro atoms. The van der Waals surface area contributed by atoms with Crippen molar-refractivity contribution in [2.45, 2.75) is 43.3 Å². The molecule has 10 heteroatoms. The van der Waals surface area contributed by atoms with E-state index in [9.17, 15) is 22.8 Å². The lowest BCUT2D eigenvalue weighted by Gasteiger charge is -2.29. The Morgan fingerprint density at radius 1 is 1.21 bits per heavy atom. The normalized spacial score (nSPS) is 27.3. The summed E-state index contributed by atoms with van der Waals surface area (Å²) in [5.74, 6) is -0.975. The Balaban J connectivity index is 1.51. The Hall–Kier alpha value is -2.30. The van der Waals surface area contributed by atoms with Crippen molar-refractivity contribution in [3.63, 3.8) is 0 Å². The first-order chi connectivity index (χ1) is 13.8. The number of carbonyl (C=O) groups is 3. The Morgan fingerprint density at radius 2 is 2.00 bits per heavy atom. The Kier molecular flexibility index (Phi) is 5.18. The second-order valence-corrected chi connectivity index (χ2v) is 10.1. The monoisotopic (exact) mass is 420 g/mol. The highest BCUT2D eigenvalue weighted by Gasteiger charge is 2.40. The average molecular weight is 420 g/mol. The van der Waals surface area contributed by atoms with Gasteiger partial charge in [0.25, 0.3) is 5.91 Å². The van der Waals surface area contributed by atoms with Crippen LogP contribution in [0.15, 0.2) is 18.2 Å². The second kappa shape index (κ2) is 7.51. The Bertz CT molecular complexity index is 977. The van der Waals surface area contributed by atoms with Gasteiger partial charge in [-0.25, -0.2) is 8.42 Å². The van der Waals surface area contributed by atoms with Crippen molar-refractivity contribution in [1.82, 2.24) is 20.9 Å². The van der Waals surface area contributed by atoms with Crippen LogP contribution >= 0.6 is 0 Å². The van der Waals surface area contributed by atoms with E-state index in [2.05, 4.69) is 16.0 Å². The van der Waals surface area contributed by atoms with Crippen LogP contribution in [0.3, 0.4) is 0 Å². The summed E-state index contributed by atoms with van der Waals surface area (Å²) in [6, 6.07) is 4.68. The van der Waals surface area contributed by atoms with Crippen LogP contribution in [0.4, 0.5) is 0 Å². The first kappa shape index (κ1) is 20.0. The smallest absolute Gasteiger partial charge is 0.255 e. The number of hydrogen-bond donors (Lipinski definition) is 3. The SMILES string of the molecule is CS(=O)(=O)[C@@H]1CNC[C@H]1NCc1cccc2c1C(=O)N(C1CCC(=O)NC1=O)C2. The van der Waals surface area contributed by atoms with Gasteiger partial charge in [0.05, 0.1) is 5.25 Å². The third kappa shape index (κ3) is 3.79. The summed E-state index contributed by atoms with van der Waals surface area (Å²) >= 11 is 0. The van der Waals surface area contributed by atoms with E-state index in [1.807, 2.05) is 18.2 Å². The molecule has 9 nitrogen and oxygen atoms in total. The van der Waals surface area contributed by atoms with Gasteiger partial charge in [-0.1, -0.05) is 18.2 Å². The molecule has 1 aromatic carbocycles. The van der Waals surface area contributed by atoms with Gasteiger partial charge in [0, 0.05) is 50.5 Å². The molecule has 3 aliphatic rings. The number of piperidine rings is 1. The molecule has 29 heavy (non-hydrogen) atoms. The molecule has 2 saturated heterocycles. The van der Waals surface area contributed by atoms with E-state index in [0.29, 0.717) is 38.2 Å². The minimum absolute atomic E-state index is 0.215. The summed E-state index contributed by atoms with van der Waals surface area (Å²) in [7, 11) is -3.18. The minimum Gasteiger partial charge on any atom is -0.322 e. The van der Waals surface area contributed by atoms with Crippen LogP contribution in [0.1, 0.15) is 34.3 Å². The van der Waals surface area contributed by atoms with E-state index < -0.39 is 27.0 Å². The summed E-state index contributed by atoms with van der Waals surface area (Å²) in [6.45, 7) is 1.64. The number of nitrogens with zero attached hydrogens (tertiary/aromatic N) is 1. The maximum atomic E-state index is 13.1. The van der Waals surface area contributed by atoms with Gasteiger partial charge in [0.15, 0.2) is 9.84 Å². The highest BCUT2D eigenvalue weighted by molar-refractivity contribution is 7.91. The standard InChI is InChI=1S/C19H24N4O5S/c1-29(27,28)15-9-20-8-13(15)21-7-11-3-2-4-12-10-23(19(26)17(11)12)14-5-6-16(24)22-18(14)25/h2-4,13-15,20-21H,5-10H2,1H3,(H,22,24,25)/t13-,14?,15-/m1/s1. The molecular weight excluding hydrogens is 396 g/mol. The fourth-order valence-electron chi connectivity index (χ4n) is 4.39. The molecule has 0 radical (unpaired) electrons. The first-order valence-electron chi connectivity index (χ1n) is 9.64. The quantitative estimate of drug-likeness (QED) is 0.518. The zero-order valence-corrected chi connectivity index (χ0v) is 16.9. The molecule has 0 bridgehead atoms. The van der Waals surface area contributed by atoms with Crippen LogP contribution in [-0.2, 0) is 32.5 Å². The molecule has 3 heterocycles. The number of rotatable bonds is 5. The van der Waals surface area contributed by atoms with Crippen LogP contribution in [0, 0.1) is 0 Å². The fourth-order valence-corrected chi connectivity index (χ4v) is 5.60. The van der Waals surface area contributed by atoms with Crippen LogP contribution < -0.4 is 16.0 Å². The van der Waals surface area contributed by atoms with Crippen LogP contribution in [0.25, 0.3) is 0 Å². The summed E-state index contributed by atoms with van der Waals surface area (Å²) in [4.78, 5) is 38.2. The van der Waals surface area contributed by atoms with Gasteiger partial charge in [0.2, 0.25) is 11.8 Å².